The summed E-state index contributed by atoms with van der Waals surface area (Å²) >= 11 is 0. The van der Waals surface area contributed by atoms with E-state index in [1.54, 1.807) is 18.2 Å². The molecule has 0 heterocycles. The van der Waals surface area contributed by atoms with Gasteiger partial charge in [0.25, 0.3) is 10.1 Å². The molecule has 1 atom stereocenters. The van der Waals surface area contributed by atoms with Crippen molar-refractivity contribution in [1.29, 1.82) is 0 Å². The lowest BCUT2D eigenvalue weighted by Gasteiger charge is -2.14. The fourth-order valence-electron chi connectivity index (χ4n) is 3.61. The molecule has 0 fully saturated rings. The van der Waals surface area contributed by atoms with Gasteiger partial charge in [0.1, 0.15) is 5.75 Å². The Balaban J connectivity index is 2.38. The average Bonchev–Trinajstić information content (AvgIpc) is 2.73. The molecule has 0 bridgehead atoms. The molecule has 2 N–H and O–H groups in total. The highest BCUT2D eigenvalue weighted by molar-refractivity contribution is 7.87. The lowest BCUT2D eigenvalue weighted by molar-refractivity contribution is -0.142. The molecule has 8 heteroatoms. The van der Waals surface area contributed by atoms with Crippen molar-refractivity contribution in [1.82, 2.24) is 0 Å². The topological polar surface area (TPSA) is 118 Å². The van der Waals surface area contributed by atoms with E-state index in [9.17, 15) is 22.6 Å². The van der Waals surface area contributed by atoms with Crippen LogP contribution in [0.1, 0.15) is 96.0 Å². The van der Waals surface area contributed by atoms with E-state index in [0.29, 0.717) is 6.42 Å². The van der Waals surface area contributed by atoms with E-state index in [4.69, 9.17) is 9.84 Å². The summed E-state index contributed by atoms with van der Waals surface area (Å²) in [6.45, 7) is 2.23. The van der Waals surface area contributed by atoms with E-state index >= 15 is 0 Å². The first kappa shape index (κ1) is 28.1. The van der Waals surface area contributed by atoms with Crippen molar-refractivity contribution in [3.05, 3.63) is 29.8 Å². The Labute approximate surface area is 192 Å². The van der Waals surface area contributed by atoms with Gasteiger partial charge in [0, 0.05) is 0 Å². The minimum absolute atomic E-state index is 0.194. The maximum Gasteiger partial charge on any atom is 0.332 e. The van der Waals surface area contributed by atoms with Gasteiger partial charge in [-0.25, -0.2) is 0 Å². The normalized spacial score (nSPS) is 12.4. The molecule has 1 rings (SSSR count). The highest BCUT2D eigenvalue weighted by atomic mass is 32.2. The van der Waals surface area contributed by atoms with Gasteiger partial charge in [-0.3, -0.25) is 14.1 Å². The van der Waals surface area contributed by atoms with Gasteiger partial charge in [-0.15, -0.1) is 0 Å². The third kappa shape index (κ3) is 12.2. The van der Waals surface area contributed by atoms with Crippen LogP contribution >= 0.6 is 0 Å². The molecule has 182 valence electrons. The van der Waals surface area contributed by atoms with Crippen LogP contribution < -0.4 is 4.74 Å². The predicted octanol–water partition coefficient (Wildman–Crippen LogP) is 5.57. The summed E-state index contributed by atoms with van der Waals surface area (Å²) in [5.41, 5.74) is 0.748. The number of unbranched alkanes of at least 4 members (excludes halogenated alkanes) is 11. The fourth-order valence-corrected chi connectivity index (χ4v) is 4.25. The first-order valence-electron chi connectivity index (χ1n) is 11.7. The van der Waals surface area contributed by atoms with Crippen LogP contribution in [-0.4, -0.2) is 35.3 Å². The standard InChI is InChI=1S/C24H38O7S/c1-2-3-4-5-6-7-8-9-10-11-12-13-16-20-17-14-15-18-21(20)31-24(27)22(19-23(25)26)32(28,29)30/h14-15,17-18,22H,2-13,16,19H2,1H3,(H,25,26)(H,28,29,30). The molecular formula is C24H38O7S. The Morgan fingerprint density at radius 2 is 1.38 bits per heavy atom. The van der Waals surface area contributed by atoms with Crippen LogP contribution in [0.5, 0.6) is 5.75 Å². The summed E-state index contributed by atoms with van der Waals surface area (Å²) in [5, 5.41) is 6.66. The zero-order chi connectivity index (χ0) is 23.8. The smallest absolute Gasteiger partial charge is 0.332 e. The number of hydrogen-bond acceptors (Lipinski definition) is 5. The molecule has 0 saturated carbocycles. The number of rotatable bonds is 18. The van der Waals surface area contributed by atoms with Crippen molar-refractivity contribution < 1.29 is 32.4 Å². The van der Waals surface area contributed by atoms with Crippen LogP contribution in [0.2, 0.25) is 0 Å². The quantitative estimate of drug-likeness (QED) is 0.125. The minimum atomic E-state index is -4.89. The zero-order valence-corrected chi connectivity index (χ0v) is 19.9. The van der Waals surface area contributed by atoms with E-state index in [2.05, 4.69) is 6.92 Å². The second kappa shape index (κ2) is 15.8. The second-order valence-corrected chi connectivity index (χ2v) is 9.87. The summed E-state index contributed by atoms with van der Waals surface area (Å²) in [4.78, 5) is 23.0. The number of benzene rings is 1. The fraction of sp³-hybridized carbons (Fsp3) is 0.667. The highest BCUT2D eigenvalue weighted by Gasteiger charge is 2.35. The number of hydrogen-bond donors (Lipinski definition) is 2. The van der Waals surface area contributed by atoms with E-state index in [0.717, 1.165) is 24.8 Å². The number of aryl methyl sites for hydroxylation is 1. The average molecular weight is 471 g/mol. The van der Waals surface area contributed by atoms with Crippen molar-refractivity contribution in [2.24, 2.45) is 0 Å². The number of esters is 1. The monoisotopic (exact) mass is 470 g/mol. The molecule has 0 aromatic heterocycles. The van der Waals surface area contributed by atoms with Gasteiger partial charge in [-0.1, -0.05) is 95.8 Å². The third-order valence-corrected chi connectivity index (χ3v) is 6.54. The van der Waals surface area contributed by atoms with Gasteiger partial charge in [-0.2, -0.15) is 8.42 Å². The van der Waals surface area contributed by atoms with Gasteiger partial charge in [0.2, 0.25) is 0 Å². The highest BCUT2D eigenvalue weighted by Crippen LogP contribution is 2.23. The van der Waals surface area contributed by atoms with Crippen LogP contribution in [0, 0.1) is 0 Å². The van der Waals surface area contributed by atoms with E-state index < -0.39 is 33.7 Å². The SMILES string of the molecule is CCCCCCCCCCCCCCc1ccccc1OC(=O)C(CC(=O)O)S(=O)(=O)O. The summed E-state index contributed by atoms with van der Waals surface area (Å²) in [6.07, 6.45) is 14.4. The summed E-state index contributed by atoms with van der Waals surface area (Å²) in [6, 6.07) is 6.77. The van der Waals surface area contributed by atoms with E-state index in [-0.39, 0.29) is 5.75 Å². The van der Waals surface area contributed by atoms with Crippen LogP contribution in [0.25, 0.3) is 0 Å². The maximum atomic E-state index is 12.2. The van der Waals surface area contributed by atoms with Crippen molar-refractivity contribution in [2.75, 3.05) is 0 Å². The van der Waals surface area contributed by atoms with Crippen LogP contribution in [-0.2, 0) is 26.1 Å². The Morgan fingerprint density at radius 3 is 1.88 bits per heavy atom. The van der Waals surface area contributed by atoms with Crippen molar-refractivity contribution in [3.63, 3.8) is 0 Å². The summed E-state index contributed by atoms with van der Waals surface area (Å²) in [5.74, 6) is -2.62. The Hall–Kier alpha value is -1.93. The molecule has 1 aromatic rings. The second-order valence-electron chi connectivity index (χ2n) is 8.27. The van der Waals surface area contributed by atoms with Crippen LogP contribution in [0.4, 0.5) is 0 Å². The molecule has 0 amide bonds. The molecule has 0 aliphatic rings. The minimum Gasteiger partial charge on any atom is -0.481 e. The van der Waals surface area contributed by atoms with Crippen LogP contribution in [0.3, 0.4) is 0 Å². The molecule has 1 unspecified atom stereocenters. The third-order valence-electron chi connectivity index (χ3n) is 5.47. The number of ether oxygens (including phenoxy) is 1. The lowest BCUT2D eigenvalue weighted by atomic mass is 10.0. The van der Waals surface area contributed by atoms with E-state index in [1.807, 2.05) is 0 Å². The number of aliphatic carboxylic acids is 1. The Morgan fingerprint density at radius 1 is 0.875 bits per heavy atom. The van der Waals surface area contributed by atoms with Gasteiger partial charge < -0.3 is 9.84 Å². The molecule has 0 spiro atoms. The predicted molar refractivity (Wildman–Crippen MR) is 124 cm³/mol. The van der Waals surface area contributed by atoms with E-state index in [1.165, 1.54) is 63.9 Å². The van der Waals surface area contributed by atoms with Gasteiger partial charge in [0.05, 0.1) is 6.42 Å². The lowest BCUT2D eigenvalue weighted by Crippen LogP contribution is -2.35. The van der Waals surface area contributed by atoms with Crippen molar-refractivity contribution in [3.8, 4) is 5.75 Å². The molecule has 0 aliphatic heterocycles. The number of carbonyl (C=O) groups is 2. The Kier molecular flexibility index (Phi) is 13.9. The number of carboxylic acids is 1. The van der Waals surface area contributed by atoms with Crippen molar-refractivity contribution in [2.45, 2.75) is 102 Å². The molecule has 0 radical (unpaired) electrons. The number of carbonyl (C=O) groups excluding carboxylic acids is 1. The molecule has 7 nitrogen and oxygen atoms in total. The van der Waals surface area contributed by atoms with Gasteiger partial charge >= 0.3 is 11.9 Å². The molecule has 1 aromatic carbocycles. The van der Waals surface area contributed by atoms with Gasteiger partial charge in [-0.05, 0) is 24.5 Å². The molecule has 32 heavy (non-hydrogen) atoms. The van der Waals surface area contributed by atoms with Gasteiger partial charge in [0.15, 0.2) is 5.25 Å². The first-order chi connectivity index (χ1) is 15.3. The zero-order valence-electron chi connectivity index (χ0n) is 19.1. The first-order valence-corrected chi connectivity index (χ1v) is 13.2. The summed E-state index contributed by atoms with van der Waals surface area (Å²) < 4.78 is 37.1. The summed E-state index contributed by atoms with van der Waals surface area (Å²) in [7, 11) is -4.89. The molecule has 0 saturated heterocycles. The molecule has 0 aliphatic carbocycles. The maximum absolute atomic E-state index is 12.2. The number of para-hydroxylation sites is 1. The van der Waals surface area contributed by atoms with Crippen molar-refractivity contribution >= 4 is 22.1 Å². The Bertz CT molecular complexity index is 789. The number of carboxylic acid groups (broad SMARTS) is 1. The molecular weight excluding hydrogens is 432 g/mol. The largest absolute Gasteiger partial charge is 0.481 e. The van der Waals surface area contributed by atoms with Crippen LogP contribution in [0.15, 0.2) is 24.3 Å².